The second kappa shape index (κ2) is 5.53. The van der Waals surface area contributed by atoms with Gasteiger partial charge in [-0.05, 0) is 50.0 Å². The molecule has 1 heterocycles. The van der Waals surface area contributed by atoms with Crippen molar-refractivity contribution in [3.8, 4) is 0 Å². The van der Waals surface area contributed by atoms with Crippen LogP contribution in [0.25, 0.3) is 0 Å². The summed E-state index contributed by atoms with van der Waals surface area (Å²) in [4.78, 5) is 12.4. The van der Waals surface area contributed by atoms with Gasteiger partial charge in [-0.25, -0.2) is 0 Å². The third-order valence-electron chi connectivity index (χ3n) is 3.85. The Balaban J connectivity index is 2.05. The molecule has 1 aromatic rings. The normalized spacial score (nSPS) is 18.3. The number of benzene rings is 1. The highest BCUT2D eigenvalue weighted by Gasteiger charge is 2.34. The predicted octanol–water partition coefficient (Wildman–Crippen LogP) is 2.58. The molecule has 0 atom stereocenters. The highest BCUT2D eigenvalue weighted by molar-refractivity contribution is 5.95. The van der Waals surface area contributed by atoms with Crippen LogP contribution in [0.2, 0.25) is 0 Å². The second-order valence-electron chi connectivity index (χ2n) is 5.32. The van der Waals surface area contributed by atoms with E-state index in [9.17, 15) is 4.79 Å². The lowest BCUT2D eigenvalue weighted by atomic mass is 9.80. The summed E-state index contributed by atoms with van der Waals surface area (Å²) in [5.41, 5.74) is 1.94. The number of hydrogen-bond donors (Lipinski definition) is 2. The predicted molar refractivity (Wildman–Crippen MR) is 74.7 cm³/mol. The zero-order valence-electron chi connectivity index (χ0n) is 11.3. The molecule has 0 saturated carbocycles. The van der Waals surface area contributed by atoms with Gasteiger partial charge in [-0.15, -0.1) is 0 Å². The van der Waals surface area contributed by atoms with E-state index in [1.54, 1.807) is 0 Å². The Morgan fingerprint density at radius 3 is 2.78 bits per heavy atom. The first-order chi connectivity index (χ1) is 8.64. The number of piperidine rings is 1. The quantitative estimate of drug-likeness (QED) is 0.860. The van der Waals surface area contributed by atoms with Crippen LogP contribution in [0.4, 0.5) is 5.69 Å². The lowest BCUT2D eigenvalue weighted by Crippen LogP contribution is -2.42. The first kappa shape index (κ1) is 13.1. The van der Waals surface area contributed by atoms with E-state index >= 15 is 0 Å². The van der Waals surface area contributed by atoms with Crippen molar-refractivity contribution in [1.29, 1.82) is 0 Å². The zero-order chi connectivity index (χ0) is 13.0. The van der Waals surface area contributed by atoms with Crippen molar-refractivity contribution < 1.29 is 4.79 Å². The van der Waals surface area contributed by atoms with Gasteiger partial charge >= 0.3 is 0 Å². The number of carbonyl (C=O) groups is 1. The Bertz CT molecular complexity index is 422. The van der Waals surface area contributed by atoms with Gasteiger partial charge in [0.15, 0.2) is 0 Å². The number of hydrogen-bond acceptors (Lipinski definition) is 2. The Hall–Kier alpha value is -1.35. The molecule has 1 saturated heterocycles. The van der Waals surface area contributed by atoms with Gasteiger partial charge in [0.2, 0.25) is 5.91 Å². The molecule has 0 unspecified atom stereocenters. The van der Waals surface area contributed by atoms with Crippen LogP contribution in [0.15, 0.2) is 24.3 Å². The van der Waals surface area contributed by atoms with Crippen molar-refractivity contribution >= 4 is 11.6 Å². The van der Waals surface area contributed by atoms with Crippen LogP contribution >= 0.6 is 0 Å². The lowest BCUT2D eigenvalue weighted by molar-refractivity contribution is -0.126. The molecule has 98 valence electrons. The zero-order valence-corrected chi connectivity index (χ0v) is 11.3. The average molecular weight is 246 g/mol. The SMILES string of the molecule is CCc1cccc(NC(=O)C2(C)CCNCC2)c1. The van der Waals surface area contributed by atoms with Crippen molar-refractivity contribution in [2.45, 2.75) is 33.1 Å². The van der Waals surface area contributed by atoms with Crippen LogP contribution in [-0.2, 0) is 11.2 Å². The van der Waals surface area contributed by atoms with Crippen molar-refractivity contribution in [2.75, 3.05) is 18.4 Å². The summed E-state index contributed by atoms with van der Waals surface area (Å²) in [5.74, 6) is 0.150. The van der Waals surface area contributed by atoms with Crippen LogP contribution in [0.1, 0.15) is 32.3 Å². The molecule has 1 aliphatic rings. The molecule has 0 bridgehead atoms. The van der Waals surface area contributed by atoms with Gasteiger partial charge in [0, 0.05) is 11.1 Å². The Morgan fingerprint density at radius 2 is 2.11 bits per heavy atom. The number of amides is 1. The topological polar surface area (TPSA) is 41.1 Å². The first-order valence-electron chi connectivity index (χ1n) is 6.75. The first-order valence-corrected chi connectivity index (χ1v) is 6.75. The molecule has 1 aromatic carbocycles. The summed E-state index contributed by atoms with van der Waals surface area (Å²) in [6.45, 7) is 6.04. The smallest absolute Gasteiger partial charge is 0.230 e. The maximum atomic E-state index is 12.4. The van der Waals surface area contributed by atoms with E-state index in [2.05, 4.69) is 36.6 Å². The number of carbonyl (C=O) groups excluding carboxylic acids is 1. The molecule has 3 heteroatoms. The molecular formula is C15H22N2O. The average Bonchev–Trinajstić information content (AvgIpc) is 2.40. The van der Waals surface area contributed by atoms with Crippen LogP contribution < -0.4 is 10.6 Å². The van der Waals surface area contributed by atoms with E-state index in [0.717, 1.165) is 38.0 Å². The Morgan fingerprint density at radius 1 is 1.39 bits per heavy atom. The van der Waals surface area contributed by atoms with E-state index < -0.39 is 0 Å². The van der Waals surface area contributed by atoms with Gasteiger partial charge in [0.05, 0.1) is 0 Å². The summed E-state index contributed by atoms with van der Waals surface area (Å²) in [7, 11) is 0. The molecule has 18 heavy (non-hydrogen) atoms. The summed E-state index contributed by atoms with van der Waals surface area (Å²) in [6, 6.07) is 8.10. The van der Waals surface area contributed by atoms with Crippen LogP contribution in [0, 0.1) is 5.41 Å². The molecule has 1 amide bonds. The van der Waals surface area contributed by atoms with Crippen LogP contribution in [-0.4, -0.2) is 19.0 Å². The van der Waals surface area contributed by atoms with E-state index in [1.807, 2.05) is 12.1 Å². The minimum Gasteiger partial charge on any atom is -0.326 e. The molecular weight excluding hydrogens is 224 g/mol. The fourth-order valence-electron chi connectivity index (χ4n) is 2.36. The van der Waals surface area contributed by atoms with Gasteiger partial charge in [0.1, 0.15) is 0 Å². The minimum atomic E-state index is -0.229. The summed E-state index contributed by atoms with van der Waals surface area (Å²) in [5, 5.41) is 6.36. The number of nitrogens with one attached hydrogen (secondary N) is 2. The molecule has 1 fully saturated rings. The molecule has 2 rings (SSSR count). The largest absolute Gasteiger partial charge is 0.326 e. The van der Waals surface area contributed by atoms with Crippen molar-refractivity contribution in [2.24, 2.45) is 5.41 Å². The second-order valence-corrected chi connectivity index (χ2v) is 5.32. The van der Waals surface area contributed by atoms with E-state index in [1.165, 1.54) is 5.56 Å². The van der Waals surface area contributed by atoms with E-state index in [-0.39, 0.29) is 11.3 Å². The Labute approximate surface area is 109 Å². The molecule has 0 radical (unpaired) electrons. The Kier molecular flexibility index (Phi) is 4.02. The fraction of sp³-hybridized carbons (Fsp3) is 0.533. The molecule has 0 aromatic heterocycles. The molecule has 0 aliphatic carbocycles. The van der Waals surface area contributed by atoms with Gasteiger partial charge in [-0.1, -0.05) is 26.0 Å². The molecule has 1 aliphatic heterocycles. The maximum absolute atomic E-state index is 12.4. The number of aryl methyl sites for hydroxylation is 1. The number of anilines is 1. The summed E-state index contributed by atoms with van der Waals surface area (Å²) in [6.07, 6.45) is 2.81. The monoisotopic (exact) mass is 246 g/mol. The third kappa shape index (κ3) is 2.91. The van der Waals surface area contributed by atoms with Crippen LogP contribution in [0.3, 0.4) is 0 Å². The standard InChI is InChI=1S/C15H22N2O/c1-3-12-5-4-6-13(11-12)17-14(18)15(2)7-9-16-10-8-15/h4-6,11,16H,3,7-10H2,1-2H3,(H,17,18). The van der Waals surface area contributed by atoms with Gasteiger partial charge in [-0.3, -0.25) is 4.79 Å². The van der Waals surface area contributed by atoms with Crippen molar-refractivity contribution in [3.63, 3.8) is 0 Å². The van der Waals surface area contributed by atoms with E-state index in [0.29, 0.717) is 0 Å². The summed E-state index contributed by atoms with van der Waals surface area (Å²) >= 11 is 0. The fourth-order valence-corrected chi connectivity index (χ4v) is 2.36. The minimum absolute atomic E-state index is 0.150. The molecule has 3 nitrogen and oxygen atoms in total. The van der Waals surface area contributed by atoms with Crippen molar-refractivity contribution in [1.82, 2.24) is 5.32 Å². The van der Waals surface area contributed by atoms with E-state index in [4.69, 9.17) is 0 Å². The lowest BCUT2D eigenvalue weighted by Gasteiger charge is -2.32. The molecule has 2 N–H and O–H groups in total. The summed E-state index contributed by atoms with van der Waals surface area (Å²) < 4.78 is 0. The molecule has 0 spiro atoms. The maximum Gasteiger partial charge on any atom is 0.230 e. The van der Waals surface area contributed by atoms with Gasteiger partial charge in [-0.2, -0.15) is 0 Å². The third-order valence-corrected chi connectivity index (χ3v) is 3.85. The van der Waals surface area contributed by atoms with Crippen LogP contribution in [0.5, 0.6) is 0 Å². The number of rotatable bonds is 3. The van der Waals surface area contributed by atoms with Crippen molar-refractivity contribution in [3.05, 3.63) is 29.8 Å². The highest BCUT2D eigenvalue weighted by Crippen LogP contribution is 2.29. The highest BCUT2D eigenvalue weighted by atomic mass is 16.2. The van der Waals surface area contributed by atoms with Gasteiger partial charge < -0.3 is 10.6 Å². The van der Waals surface area contributed by atoms with Gasteiger partial charge in [0.25, 0.3) is 0 Å².